The standard InChI is InChI=1S/C27H31F2N7O5/c1-39-10-7-36(6-9-37)8-11-41-22-15-18(40-2)14-21-25(22)27(31-16-30-21)33-23-12-17(34-35-23)13-24(38)32-20-5-3-4-19(28)26(20)29/h3-5,12,14-16,37H,6-11,13H2,1-2H3,(H,32,38)(H2,30,31,33,34,35). The molecule has 1 amide bonds. The van der Waals surface area contributed by atoms with Gasteiger partial charge in [-0.05, 0) is 12.1 Å². The third-order valence-corrected chi connectivity index (χ3v) is 6.06. The van der Waals surface area contributed by atoms with Crippen LogP contribution >= 0.6 is 0 Å². The summed E-state index contributed by atoms with van der Waals surface area (Å²) in [5, 5.41) is 22.3. The Kier molecular flexibility index (Phi) is 10.3. The lowest BCUT2D eigenvalue weighted by molar-refractivity contribution is -0.115. The number of H-pyrrole nitrogens is 1. The maximum absolute atomic E-state index is 13.9. The molecule has 0 unspecified atom stereocenters. The Balaban J connectivity index is 1.49. The van der Waals surface area contributed by atoms with Crippen LogP contribution in [0.2, 0.25) is 0 Å². The Morgan fingerprint density at radius 2 is 1.93 bits per heavy atom. The number of hydrogen-bond donors (Lipinski definition) is 4. The van der Waals surface area contributed by atoms with E-state index in [-0.39, 0.29) is 18.7 Å². The highest BCUT2D eigenvalue weighted by molar-refractivity contribution is 5.96. The summed E-state index contributed by atoms with van der Waals surface area (Å²) in [6.07, 6.45) is 1.23. The van der Waals surface area contributed by atoms with Crippen molar-refractivity contribution >= 4 is 34.1 Å². The average molecular weight is 572 g/mol. The van der Waals surface area contributed by atoms with Crippen molar-refractivity contribution in [3.63, 3.8) is 0 Å². The van der Waals surface area contributed by atoms with Crippen LogP contribution in [-0.2, 0) is 16.0 Å². The van der Waals surface area contributed by atoms with Gasteiger partial charge in [0.15, 0.2) is 17.5 Å². The molecule has 0 radical (unpaired) electrons. The SMILES string of the molecule is COCCN(CCO)CCOc1cc(OC)cc2ncnc(Nc3cc(CC(=O)Nc4cccc(F)c4F)[nH]n3)c12. The number of carbonyl (C=O) groups excluding carboxylic acids is 1. The van der Waals surface area contributed by atoms with E-state index in [0.29, 0.717) is 72.6 Å². The summed E-state index contributed by atoms with van der Waals surface area (Å²) < 4.78 is 44.0. The summed E-state index contributed by atoms with van der Waals surface area (Å²) in [4.78, 5) is 23.1. The molecule has 0 aliphatic rings. The first kappa shape index (κ1) is 29.6. The Bertz CT molecular complexity index is 1470. The summed E-state index contributed by atoms with van der Waals surface area (Å²) in [6.45, 7) is 2.53. The molecular weight excluding hydrogens is 540 g/mol. The third-order valence-electron chi connectivity index (χ3n) is 6.06. The largest absolute Gasteiger partial charge is 0.497 e. The van der Waals surface area contributed by atoms with Crippen LogP contribution in [0.25, 0.3) is 10.9 Å². The normalized spacial score (nSPS) is 11.2. The zero-order chi connectivity index (χ0) is 29.2. The molecule has 0 aliphatic heterocycles. The first-order valence-corrected chi connectivity index (χ1v) is 12.7. The molecule has 0 saturated heterocycles. The fourth-order valence-electron chi connectivity index (χ4n) is 4.04. The average Bonchev–Trinajstić information content (AvgIpc) is 3.40. The number of hydrogen-bond acceptors (Lipinski definition) is 10. The van der Waals surface area contributed by atoms with Gasteiger partial charge < -0.3 is 30.0 Å². The highest BCUT2D eigenvalue weighted by Gasteiger charge is 2.16. The number of rotatable bonds is 15. The molecule has 0 saturated carbocycles. The van der Waals surface area contributed by atoms with Gasteiger partial charge in [-0.15, -0.1) is 0 Å². The van der Waals surface area contributed by atoms with Gasteiger partial charge in [-0.3, -0.25) is 14.8 Å². The molecular formula is C27H31F2N7O5. The molecule has 41 heavy (non-hydrogen) atoms. The van der Waals surface area contributed by atoms with Crippen molar-refractivity contribution in [2.24, 2.45) is 0 Å². The van der Waals surface area contributed by atoms with Crippen LogP contribution in [-0.4, -0.2) is 89.8 Å². The molecule has 4 rings (SSSR count). The van der Waals surface area contributed by atoms with Crippen LogP contribution in [0.3, 0.4) is 0 Å². The predicted octanol–water partition coefficient (Wildman–Crippen LogP) is 2.88. The van der Waals surface area contributed by atoms with Gasteiger partial charge in [-0.25, -0.2) is 18.7 Å². The number of halogens is 2. The summed E-state index contributed by atoms with van der Waals surface area (Å²) in [7, 11) is 3.17. The van der Waals surface area contributed by atoms with Crippen molar-refractivity contribution in [3.05, 3.63) is 60.1 Å². The molecule has 0 bridgehead atoms. The maximum Gasteiger partial charge on any atom is 0.230 e. The monoisotopic (exact) mass is 571 g/mol. The molecule has 2 aromatic heterocycles. The number of nitrogens with one attached hydrogen (secondary N) is 3. The molecule has 218 valence electrons. The Hall–Kier alpha value is -4.40. The lowest BCUT2D eigenvalue weighted by Crippen LogP contribution is -2.33. The van der Waals surface area contributed by atoms with Gasteiger partial charge in [-0.2, -0.15) is 5.10 Å². The second kappa shape index (κ2) is 14.3. The highest BCUT2D eigenvalue weighted by Crippen LogP contribution is 2.35. The number of aromatic amines is 1. The number of aliphatic hydroxyl groups is 1. The lowest BCUT2D eigenvalue weighted by Gasteiger charge is -2.21. The van der Waals surface area contributed by atoms with E-state index in [2.05, 4.69) is 30.8 Å². The summed E-state index contributed by atoms with van der Waals surface area (Å²) in [5.41, 5.74) is 0.746. The van der Waals surface area contributed by atoms with Crippen molar-refractivity contribution in [2.75, 3.05) is 64.3 Å². The second-order valence-corrected chi connectivity index (χ2v) is 8.88. The van der Waals surface area contributed by atoms with Crippen LogP contribution in [0.1, 0.15) is 5.69 Å². The fraction of sp³-hybridized carbons (Fsp3) is 0.333. The Morgan fingerprint density at radius 1 is 1.10 bits per heavy atom. The zero-order valence-electron chi connectivity index (χ0n) is 22.6. The van der Waals surface area contributed by atoms with Gasteiger partial charge >= 0.3 is 0 Å². The van der Waals surface area contributed by atoms with E-state index in [1.165, 1.54) is 18.5 Å². The summed E-state index contributed by atoms with van der Waals surface area (Å²) >= 11 is 0. The van der Waals surface area contributed by atoms with Crippen molar-refractivity contribution in [3.8, 4) is 11.5 Å². The topological polar surface area (TPSA) is 147 Å². The van der Waals surface area contributed by atoms with Gasteiger partial charge in [0.1, 0.15) is 30.3 Å². The highest BCUT2D eigenvalue weighted by atomic mass is 19.2. The van der Waals surface area contributed by atoms with Crippen LogP contribution in [0.15, 0.2) is 42.7 Å². The van der Waals surface area contributed by atoms with Crippen LogP contribution in [0, 0.1) is 11.6 Å². The fourth-order valence-corrected chi connectivity index (χ4v) is 4.04. The minimum absolute atomic E-state index is 0.0166. The molecule has 4 aromatic rings. The van der Waals surface area contributed by atoms with E-state index in [1.807, 2.05) is 4.90 Å². The zero-order valence-corrected chi connectivity index (χ0v) is 22.6. The quantitative estimate of drug-likeness (QED) is 0.168. The number of amides is 1. The van der Waals surface area contributed by atoms with Crippen molar-refractivity contribution in [1.29, 1.82) is 0 Å². The van der Waals surface area contributed by atoms with Crippen molar-refractivity contribution in [1.82, 2.24) is 25.1 Å². The van der Waals surface area contributed by atoms with E-state index < -0.39 is 17.5 Å². The van der Waals surface area contributed by atoms with Crippen molar-refractivity contribution < 1.29 is 32.9 Å². The minimum atomic E-state index is -1.13. The van der Waals surface area contributed by atoms with Gasteiger partial charge in [-0.1, -0.05) is 6.07 Å². The summed E-state index contributed by atoms with van der Waals surface area (Å²) in [5.74, 6) is -0.946. The maximum atomic E-state index is 13.9. The van der Waals surface area contributed by atoms with Crippen LogP contribution in [0.4, 0.5) is 26.1 Å². The lowest BCUT2D eigenvalue weighted by atomic mass is 10.2. The number of aromatic nitrogens is 4. The number of methoxy groups -OCH3 is 2. The van der Waals surface area contributed by atoms with Gasteiger partial charge in [0.05, 0.1) is 43.3 Å². The second-order valence-electron chi connectivity index (χ2n) is 8.88. The van der Waals surface area contributed by atoms with Gasteiger partial charge in [0.2, 0.25) is 5.91 Å². The molecule has 14 heteroatoms. The predicted molar refractivity (Wildman–Crippen MR) is 148 cm³/mol. The smallest absolute Gasteiger partial charge is 0.230 e. The molecule has 0 atom stereocenters. The molecule has 2 heterocycles. The van der Waals surface area contributed by atoms with E-state index in [4.69, 9.17) is 14.2 Å². The third kappa shape index (κ3) is 7.84. The van der Waals surface area contributed by atoms with Gasteiger partial charge in [0, 0.05) is 50.6 Å². The summed E-state index contributed by atoms with van der Waals surface area (Å²) in [6, 6.07) is 8.62. The number of carbonyl (C=O) groups is 1. The molecule has 0 spiro atoms. The Morgan fingerprint density at radius 3 is 2.71 bits per heavy atom. The van der Waals surface area contributed by atoms with E-state index in [9.17, 15) is 18.7 Å². The number of benzene rings is 2. The number of anilines is 3. The first-order chi connectivity index (χ1) is 19.9. The number of nitrogens with zero attached hydrogens (tertiary/aromatic N) is 4. The van der Waals surface area contributed by atoms with E-state index >= 15 is 0 Å². The molecule has 0 aliphatic carbocycles. The molecule has 0 fully saturated rings. The van der Waals surface area contributed by atoms with Gasteiger partial charge in [0.25, 0.3) is 0 Å². The van der Waals surface area contributed by atoms with Crippen molar-refractivity contribution in [2.45, 2.75) is 6.42 Å². The first-order valence-electron chi connectivity index (χ1n) is 12.7. The minimum Gasteiger partial charge on any atom is -0.497 e. The van der Waals surface area contributed by atoms with E-state index in [1.54, 1.807) is 32.4 Å². The number of ether oxygens (including phenoxy) is 3. The van der Waals surface area contributed by atoms with E-state index in [0.717, 1.165) is 6.07 Å². The number of fused-ring (bicyclic) bond motifs is 1. The van der Waals surface area contributed by atoms with Crippen LogP contribution < -0.4 is 20.1 Å². The Labute approximate surface area is 234 Å². The molecule has 4 N–H and O–H groups in total. The number of aliphatic hydroxyl groups excluding tert-OH is 1. The van der Waals surface area contributed by atoms with Crippen LogP contribution in [0.5, 0.6) is 11.5 Å². The molecule has 2 aromatic carbocycles. The molecule has 12 nitrogen and oxygen atoms in total.